The maximum absolute atomic E-state index is 13.6. The van der Waals surface area contributed by atoms with Gasteiger partial charge in [0, 0.05) is 43.1 Å². The number of nitrogens with zero attached hydrogens (tertiary/aromatic N) is 1. The van der Waals surface area contributed by atoms with E-state index >= 15 is 0 Å². The Balaban J connectivity index is 1.98. The first-order valence-corrected chi connectivity index (χ1v) is 9.02. The third kappa shape index (κ3) is 4.96. The van der Waals surface area contributed by atoms with Crippen LogP contribution in [-0.2, 0) is 15.0 Å². The number of primary amides is 1. The molecule has 0 unspecified atom stereocenters. The Morgan fingerprint density at radius 2 is 2.00 bits per heavy atom. The Morgan fingerprint density at radius 3 is 2.62 bits per heavy atom. The van der Waals surface area contributed by atoms with Gasteiger partial charge in [-0.1, -0.05) is 27.7 Å². The van der Waals surface area contributed by atoms with Crippen molar-refractivity contribution < 1.29 is 14.0 Å². The maximum Gasteiger partial charge on any atom is 0.220 e. The number of hydrogen-bond donors (Lipinski definition) is 2. The molecular weight excluding hydrogens is 333 g/mol. The lowest BCUT2D eigenvalue weighted by Gasteiger charge is -2.27. The molecule has 1 aromatic carbocycles. The van der Waals surface area contributed by atoms with Gasteiger partial charge in [0.05, 0.1) is 0 Å². The SMILES string of the molecule is C[C@@H](CN1CC(C)(C)c2cc(F)ccc21)NC(=O)CC(C)(C)CC(N)=O. The van der Waals surface area contributed by atoms with Crippen LogP contribution in [0.4, 0.5) is 10.1 Å². The monoisotopic (exact) mass is 363 g/mol. The molecule has 2 amide bonds. The van der Waals surface area contributed by atoms with Crippen molar-refractivity contribution in [3.05, 3.63) is 29.6 Å². The molecule has 0 radical (unpaired) electrons. The lowest BCUT2D eigenvalue weighted by Crippen LogP contribution is -2.44. The Kier molecular flexibility index (Phi) is 5.64. The zero-order chi connectivity index (χ0) is 19.7. The molecular formula is C20H30FN3O2. The Morgan fingerprint density at radius 1 is 1.35 bits per heavy atom. The van der Waals surface area contributed by atoms with Crippen molar-refractivity contribution in [3.63, 3.8) is 0 Å². The van der Waals surface area contributed by atoms with Gasteiger partial charge in [-0.25, -0.2) is 4.39 Å². The summed E-state index contributed by atoms with van der Waals surface area (Å²) >= 11 is 0. The van der Waals surface area contributed by atoms with E-state index < -0.39 is 11.3 Å². The second kappa shape index (κ2) is 7.25. The van der Waals surface area contributed by atoms with Gasteiger partial charge in [-0.3, -0.25) is 9.59 Å². The minimum Gasteiger partial charge on any atom is -0.370 e. The molecule has 5 nitrogen and oxygen atoms in total. The minimum absolute atomic E-state index is 0.0707. The predicted octanol–water partition coefficient (Wildman–Crippen LogP) is 2.72. The van der Waals surface area contributed by atoms with Crippen LogP contribution in [0.1, 0.15) is 53.0 Å². The van der Waals surface area contributed by atoms with Crippen LogP contribution in [0.5, 0.6) is 0 Å². The van der Waals surface area contributed by atoms with E-state index in [-0.39, 0.29) is 36.0 Å². The highest BCUT2D eigenvalue weighted by Crippen LogP contribution is 2.40. The molecule has 0 spiro atoms. The van der Waals surface area contributed by atoms with E-state index in [1.54, 1.807) is 6.07 Å². The van der Waals surface area contributed by atoms with E-state index in [2.05, 4.69) is 24.1 Å². The van der Waals surface area contributed by atoms with E-state index in [4.69, 9.17) is 5.73 Å². The normalized spacial score (nSPS) is 16.9. The van der Waals surface area contributed by atoms with E-state index in [9.17, 15) is 14.0 Å². The number of nitrogens with one attached hydrogen (secondary N) is 1. The van der Waals surface area contributed by atoms with Crippen molar-refractivity contribution in [1.29, 1.82) is 0 Å². The van der Waals surface area contributed by atoms with Gasteiger partial charge in [-0.2, -0.15) is 0 Å². The van der Waals surface area contributed by atoms with Crippen LogP contribution in [0.2, 0.25) is 0 Å². The predicted molar refractivity (Wildman–Crippen MR) is 101 cm³/mol. The van der Waals surface area contributed by atoms with Crippen molar-refractivity contribution in [3.8, 4) is 0 Å². The van der Waals surface area contributed by atoms with Crippen LogP contribution in [0, 0.1) is 11.2 Å². The zero-order valence-electron chi connectivity index (χ0n) is 16.4. The number of anilines is 1. The minimum atomic E-state index is -0.463. The number of hydrogen-bond acceptors (Lipinski definition) is 3. The summed E-state index contributed by atoms with van der Waals surface area (Å²) in [5.74, 6) is -0.725. The first-order valence-electron chi connectivity index (χ1n) is 9.02. The van der Waals surface area contributed by atoms with Crippen molar-refractivity contribution >= 4 is 17.5 Å². The first kappa shape index (κ1) is 20.2. The highest BCUT2D eigenvalue weighted by atomic mass is 19.1. The summed E-state index contributed by atoms with van der Waals surface area (Å²) in [6, 6.07) is 4.82. The summed E-state index contributed by atoms with van der Waals surface area (Å²) in [4.78, 5) is 25.6. The standard InChI is InChI=1S/C20H30FN3O2/c1-13(23-18(26)10-19(2,3)9-17(22)25)11-24-12-20(4,5)15-8-14(21)6-7-16(15)24/h6-8,13H,9-12H2,1-5H3,(H2,22,25)(H,23,26)/t13-/m0/s1. The van der Waals surface area contributed by atoms with Crippen LogP contribution in [0.15, 0.2) is 18.2 Å². The van der Waals surface area contributed by atoms with E-state index in [0.717, 1.165) is 17.8 Å². The van der Waals surface area contributed by atoms with Gasteiger partial charge >= 0.3 is 0 Å². The molecule has 26 heavy (non-hydrogen) atoms. The molecule has 0 aromatic heterocycles. The van der Waals surface area contributed by atoms with Crippen LogP contribution >= 0.6 is 0 Å². The van der Waals surface area contributed by atoms with E-state index in [1.165, 1.54) is 6.07 Å². The largest absolute Gasteiger partial charge is 0.370 e. The fourth-order valence-corrected chi connectivity index (χ4v) is 3.81. The molecule has 0 bridgehead atoms. The molecule has 2 rings (SSSR count). The van der Waals surface area contributed by atoms with Crippen molar-refractivity contribution in [2.75, 3.05) is 18.0 Å². The second-order valence-electron chi connectivity index (χ2n) is 8.88. The Labute approximate surface area is 155 Å². The van der Waals surface area contributed by atoms with Gasteiger partial charge in [0.25, 0.3) is 0 Å². The highest BCUT2D eigenvalue weighted by molar-refractivity contribution is 5.79. The molecule has 0 saturated heterocycles. The topological polar surface area (TPSA) is 75.4 Å². The summed E-state index contributed by atoms with van der Waals surface area (Å²) in [5.41, 5.74) is 6.66. The Bertz CT molecular complexity index is 700. The van der Waals surface area contributed by atoms with Crippen molar-refractivity contribution in [2.45, 2.75) is 58.9 Å². The summed E-state index contributed by atoms with van der Waals surface area (Å²) in [7, 11) is 0. The number of amides is 2. The van der Waals surface area contributed by atoms with Gasteiger partial charge in [0.15, 0.2) is 0 Å². The van der Waals surface area contributed by atoms with Gasteiger partial charge < -0.3 is 16.0 Å². The van der Waals surface area contributed by atoms with Crippen molar-refractivity contribution in [1.82, 2.24) is 5.32 Å². The molecule has 1 aromatic rings. The van der Waals surface area contributed by atoms with Crippen LogP contribution in [0.25, 0.3) is 0 Å². The molecule has 0 saturated carbocycles. The Hall–Kier alpha value is -2.11. The smallest absolute Gasteiger partial charge is 0.220 e. The highest BCUT2D eigenvalue weighted by Gasteiger charge is 2.36. The summed E-state index contributed by atoms with van der Waals surface area (Å²) in [6.45, 7) is 11.3. The van der Waals surface area contributed by atoms with Crippen LogP contribution < -0.4 is 16.0 Å². The molecule has 144 valence electrons. The summed E-state index contributed by atoms with van der Waals surface area (Å²) in [5, 5.41) is 3.00. The number of carbonyl (C=O) groups excluding carboxylic acids is 2. The number of benzene rings is 1. The third-order valence-electron chi connectivity index (χ3n) is 4.81. The number of carbonyl (C=O) groups is 2. The molecule has 0 fully saturated rings. The van der Waals surface area contributed by atoms with Crippen LogP contribution in [0.3, 0.4) is 0 Å². The van der Waals surface area contributed by atoms with Crippen LogP contribution in [-0.4, -0.2) is 30.9 Å². The second-order valence-corrected chi connectivity index (χ2v) is 8.88. The third-order valence-corrected chi connectivity index (χ3v) is 4.81. The summed E-state index contributed by atoms with van der Waals surface area (Å²) < 4.78 is 13.6. The number of nitrogens with two attached hydrogens (primary N) is 1. The average Bonchev–Trinajstić information content (AvgIpc) is 2.66. The van der Waals surface area contributed by atoms with Crippen molar-refractivity contribution in [2.24, 2.45) is 11.1 Å². The summed E-state index contributed by atoms with van der Waals surface area (Å²) in [6.07, 6.45) is 0.418. The molecule has 1 aliphatic rings. The van der Waals surface area contributed by atoms with E-state index in [0.29, 0.717) is 6.54 Å². The molecule has 1 aliphatic heterocycles. The van der Waals surface area contributed by atoms with Gasteiger partial charge in [-0.05, 0) is 36.1 Å². The zero-order valence-corrected chi connectivity index (χ0v) is 16.4. The lowest BCUT2D eigenvalue weighted by atomic mass is 9.85. The molecule has 1 heterocycles. The van der Waals surface area contributed by atoms with Gasteiger partial charge in [0.2, 0.25) is 11.8 Å². The number of fused-ring (bicyclic) bond motifs is 1. The quantitative estimate of drug-likeness (QED) is 0.782. The fraction of sp³-hybridized carbons (Fsp3) is 0.600. The maximum atomic E-state index is 13.6. The van der Waals surface area contributed by atoms with Gasteiger partial charge in [0.1, 0.15) is 5.82 Å². The number of rotatable bonds is 7. The van der Waals surface area contributed by atoms with Gasteiger partial charge in [-0.15, -0.1) is 0 Å². The molecule has 1 atom stereocenters. The number of halogens is 1. The average molecular weight is 363 g/mol. The molecule has 3 N–H and O–H groups in total. The lowest BCUT2D eigenvalue weighted by molar-refractivity contribution is -0.125. The molecule has 6 heteroatoms. The fourth-order valence-electron chi connectivity index (χ4n) is 3.81. The first-order chi connectivity index (χ1) is 11.9. The molecule has 0 aliphatic carbocycles. The van der Waals surface area contributed by atoms with E-state index in [1.807, 2.05) is 26.8 Å².